The molecule has 1 N–H and O–H groups in total. The molecule has 0 spiro atoms. The number of hydrogen-bond donors (Lipinski definition) is 1. The molecule has 0 saturated carbocycles. The summed E-state index contributed by atoms with van der Waals surface area (Å²) in [5.74, 6) is 0. The Hall–Kier alpha value is -1.33. The summed E-state index contributed by atoms with van der Waals surface area (Å²) in [5, 5.41) is 0. The molecule has 0 atom stereocenters. The first-order valence-electron chi connectivity index (χ1n) is 5.32. The SMILES string of the molecule is Cc1cccc(S(=O)(=O)Nc2cccc(Br)c2)c1. The largest absolute Gasteiger partial charge is 0.280 e. The second kappa shape index (κ2) is 5.12. The van der Waals surface area contributed by atoms with Crippen molar-refractivity contribution < 1.29 is 8.42 Å². The van der Waals surface area contributed by atoms with Crippen LogP contribution in [0.3, 0.4) is 0 Å². The van der Waals surface area contributed by atoms with Crippen LogP contribution in [0.2, 0.25) is 0 Å². The first kappa shape index (κ1) is 13.1. The molecule has 2 aromatic carbocycles. The Kier molecular flexibility index (Phi) is 3.73. The third-order valence-electron chi connectivity index (χ3n) is 2.38. The number of sulfonamides is 1. The first-order valence-corrected chi connectivity index (χ1v) is 7.60. The predicted octanol–water partition coefficient (Wildman–Crippen LogP) is 3.56. The van der Waals surface area contributed by atoms with Crippen LogP contribution in [0.5, 0.6) is 0 Å². The van der Waals surface area contributed by atoms with Gasteiger partial charge in [-0.05, 0) is 42.8 Å². The van der Waals surface area contributed by atoms with Gasteiger partial charge in [-0.2, -0.15) is 0 Å². The molecule has 2 rings (SSSR count). The van der Waals surface area contributed by atoms with E-state index >= 15 is 0 Å². The topological polar surface area (TPSA) is 46.2 Å². The van der Waals surface area contributed by atoms with Crippen molar-refractivity contribution in [2.75, 3.05) is 4.72 Å². The van der Waals surface area contributed by atoms with E-state index < -0.39 is 10.0 Å². The zero-order chi connectivity index (χ0) is 13.2. The van der Waals surface area contributed by atoms with Gasteiger partial charge in [0, 0.05) is 10.2 Å². The van der Waals surface area contributed by atoms with E-state index in [4.69, 9.17) is 0 Å². The summed E-state index contributed by atoms with van der Waals surface area (Å²) in [4.78, 5) is 0.266. The fourth-order valence-electron chi connectivity index (χ4n) is 1.55. The molecule has 0 aromatic heterocycles. The monoisotopic (exact) mass is 325 g/mol. The smallest absolute Gasteiger partial charge is 0.261 e. The Morgan fingerprint density at radius 2 is 1.78 bits per heavy atom. The molecule has 3 nitrogen and oxygen atoms in total. The maximum Gasteiger partial charge on any atom is 0.261 e. The summed E-state index contributed by atoms with van der Waals surface area (Å²) in [6.07, 6.45) is 0. The number of benzene rings is 2. The van der Waals surface area contributed by atoms with E-state index in [9.17, 15) is 8.42 Å². The molecular formula is C13H12BrNO2S. The number of rotatable bonds is 3. The van der Waals surface area contributed by atoms with Crippen molar-refractivity contribution in [3.63, 3.8) is 0 Å². The van der Waals surface area contributed by atoms with Crippen LogP contribution in [0.4, 0.5) is 5.69 Å². The van der Waals surface area contributed by atoms with Crippen molar-refractivity contribution in [3.05, 3.63) is 58.6 Å². The number of hydrogen-bond acceptors (Lipinski definition) is 2. The van der Waals surface area contributed by atoms with Gasteiger partial charge in [-0.3, -0.25) is 4.72 Å². The molecule has 0 heterocycles. The van der Waals surface area contributed by atoms with Gasteiger partial charge in [-0.15, -0.1) is 0 Å². The van der Waals surface area contributed by atoms with Crippen LogP contribution in [0.1, 0.15) is 5.56 Å². The molecule has 0 fully saturated rings. The average molecular weight is 326 g/mol. The molecule has 0 bridgehead atoms. The van der Waals surface area contributed by atoms with Gasteiger partial charge >= 0.3 is 0 Å². The highest BCUT2D eigenvalue weighted by molar-refractivity contribution is 9.10. The summed E-state index contributed by atoms with van der Waals surface area (Å²) >= 11 is 3.30. The summed E-state index contributed by atoms with van der Waals surface area (Å²) in [6.45, 7) is 1.86. The lowest BCUT2D eigenvalue weighted by molar-refractivity contribution is 0.601. The molecule has 5 heteroatoms. The van der Waals surface area contributed by atoms with Crippen molar-refractivity contribution in [2.24, 2.45) is 0 Å². The second-order valence-corrected chi connectivity index (χ2v) is 6.53. The minimum Gasteiger partial charge on any atom is -0.280 e. The molecule has 0 radical (unpaired) electrons. The lowest BCUT2D eigenvalue weighted by atomic mass is 10.2. The van der Waals surface area contributed by atoms with Crippen LogP contribution in [0.15, 0.2) is 57.9 Å². The van der Waals surface area contributed by atoms with Gasteiger partial charge in [0.05, 0.1) is 4.90 Å². The number of nitrogens with one attached hydrogen (secondary N) is 1. The van der Waals surface area contributed by atoms with Crippen LogP contribution in [0, 0.1) is 6.92 Å². The van der Waals surface area contributed by atoms with Crippen molar-refractivity contribution in [3.8, 4) is 0 Å². The first-order chi connectivity index (χ1) is 8.47. The maximum absolute atomic E-state index is 12.1. The molecule has 2 aromatic rings. The van der Waals surface area contributed by atoms with E-state index in [-0.39, 0.29) is 4.90 Å². The summed E-state index contributed by atoms with van der Waals surface area (Å²) in [5.41, 5.74) is 1.44. The third kappa shape index (κ3) is 3.11. The Labute approximate surface area is 115 Å². The Bertz CT molecular complexity index is 668. The Balaban J connectivity index is 2.33. The van der Waals surface area contributed by atoms with Crippen LogP contribution >= 0.6 is 15.9 Å². The molecule has 0 amide bonds. The molecule has 0 unspecified atom stereocenters. The van der Waals surface area contributed by atoms with E-state index in [1.54, 1.807) is 36.4 Å². The van der Waals surface area contributed by atoms with Crippen molar-refractivity contribution in [1.82, 2.24) is 0 Å². The molecule has 0 aliphatic rings. The van der Waals surface area contributed by atoms with Gasteiger partial charge in [-0.25, -0.2) is 8.42 Å². The number of halogens is 1. The maximum atomic E-state index is 12.1. The van der Waals surface area contributed by atoms with Crippen molar-refractivity contribution in [1.29, 1.82) is 0 Å². The van der Waals surface area contributed by atoms with Gasteiger partial charge in [0.1, 0.15) is 0 Å². The van der Waals surface area contributed by atoms with Crippen molar-refractivity contribution >= 4 is 31.6 Å². The van der Waals surface area contributed by atoms with Gasteiger partial charge in [-0.1, -0.05) is 34.1 Å². The van der Waals surface area contributed by atoms with E-state index in [2.05, 4.69) is 20.7 Å². The van der Waals surface area contributed by atoms with E-state index in [0.29, 0.717) is 5.69 Å². The van der Waals surface area contributed by atoms with E-state index in [1.807, 2.05) is 19.1 Å². The van der Waals surface area contributed by atoms with Gasteiger partial charge in [0.25, 0.3) is 10.0 Å². The van der Waals surface area contributed by atoms with Crippen LogP contribution in [-0.2, 0) is 10.0 Å². The Morgan fingerprint density at radius 1 is 1.06 bits per heavy atom. The fraction of sp³-hybridized carbons (Fsp3) is 0.0769. The minimum atomic E-state index is -3.52. The highest BCUT2D eigenvalue weighted by atomic mass is 79.9. The van der Waals surface area contributed by atoms with Crippen molar-refractivity contribution in [2.45, 2.75) is 11.8 Å². The fourth-order valence-corrected chi connectivity index (χ4v) is 3.10. The quantitative estimate of drug-likeness (QED) is 0.937. The van der Waals surface area contributed by atoms with E-state index in [1.165, 1.54) is 0 Å². The third-order valence-corrected chi connectivity index (χ3v) is 4.25. The average Bonchev–Trinajstić information content (AvgIpc) is 2.28. The zero-order valence-corrected chi connectivity index (χ0v) is 12.1. The lowest BCUT2D eigenvalue weighted by Crippen LogP contribution is -2.12. The van der Waals surface area contributed by atoms with Crippen LogP contribution in [0.25, 0.3) is 0 Å². The molecule has 0 aliphatic heterocycles. The van der Waals surface area contributed by atoms with Gasteiger partial charge < -0.3 is 0 Å². The standard InChI is InChI=1S/C13H12BrNO2S/c1-10-4-2-7-13(8-10)18(16,17)15-12-6-3-5-11(14)9-12/h2-9,15H,1H3. The number of anilines is 1. The summed E-state index contributed by atoms with van der Waals surface area (Å²) < 4.78 is 27.6. The summed E-state index contributed by atoms with van der Waals surface area (Å²) in [7, 11) is -3.52. The highest BCUT2D eigenvalue weighted by Gasteiger charge is 2.13. The molecule has 18 heavy (non-hydrogen) atoms. The Morgan fingerprint density at radius 3 is 2.44 bits per heavy atom. The normalized spacial score (nSPS) is 11.2. The minimum absolute atomic E-state index is 0.266. The van der Waals surface area contributed by atoms with Crippen LogP contribution < -0.4 is 4.72 Å². The second-order valence-electron chi connectivity index (χ2n) is 3.93. The molecule has 0 aliphatic carbocycles. The molecule has 0 saturated heterocycles. The highest BCUT2D eigenvalue weighted by Crippen LogP contribution is 2.20. The molecule has 94 valence electrons. The zero-order valence-electron chi connectivity index (χ0n) is 9.72. The summed E-state index contributed by atoms with van der Waals surface area (Å²) in [6, 6.07) is 13.8. The number of aryl methyl sites for hydroxylation is 1. The lowest BCUT2D eigenvalue weighted by Gasteiger charge is -2.08. The predicted molar refractivity (Wildman–Crippen MR) is 76.1 cm³/mol. The van der Waals surface area contributed by atoms with Gasteiger partial charge in [0.15, 0.2) is 0 Å². The van der Waals surface area contributed by atoms with Crippen LogP contribution in [-0.4, -0.2) is 8.42 Å². The van der Waals surface area contributed by atoms with E-state index in [0.717, 1.165) is 10.0 Å². The van der Waals surface area contributed by atoms with Gasteiger partial charge in [0.2, 0.25) is 0 Å². The molecular weight excluding hydrogens is 314 g/mol.